The third-order valence-electron chi connectivity index (χ3n) is 2.81. The molecule has 0 aliphatic heterocycles. The molecule has 3 nitrogen and oxygen atoms in total. The molecule has 1 amide bonds. The molecule has 2 rings (SSSR count). The lowest BCUT2D eigenvalue weighted by atomic mass is 9.95. The Balaban J connectivity index is 2.25. The summed E-state index contributed by atoms with van der Waals surface area (Å²) in [6.07, 6.45) is 1.75. The smallest absolute Gasteiger partial charge is 0.231 e. The predicted octanol–water partition coefficient (Wildman–Crippen LogP) is 3.44. The van der Waals surface area contributed by atoms with Gasteiger partial charge in [0.2, 0.25) is 5.91 Å². The fraction of sp³-hybridized carbons (Fsp3) is 0.286. The molecule has 0 bridgehead atoms. The topological polar surface area (TPSA) is 42.0 Å². The van der Waals surface area contributed by atoms with Crippen LogP contribution in [0.15, 0.2) is 36.5 Å². The zero-order valence-electron chi connectivity index (χ0n) is 10.4. The number of halogens is 1. The van der Waals surface area contributed by atoms with E-state index in [2.05, 4.69) is 10.3 Å². The number of nitrogens with one attached hydrogen (secondary N) is 1. The van der Waals surface area contributed by atoms with Crippen molar-refractivity contribution in [2.24, 2.45) is 5.41 Å². The Kier molecular flexibility index (Phi) is 3.53. The van der Waals surface area contributed by atoms with Crippen LogP contribution in [0, 0.1) is 5.41 Å². The maximum atomic E-state index is 12.0. The van der Waals surface area contributed by atoms with Crippen molar-refractivity contribution in [2.45, 2.75) is 13.8 Å². The minimum absolute atomic E-state index is 0.0826. The molecule has 0 saturated carbocycles. The first-order valence-electron chi connectivity index (χ1n) is 5.75. The Morgan fingerprint density at radius 1 is 1.39 bits per heavy atom. The van der Waals surface area contributed by atoms with Gasteiger partial charge in [0.05, 0.1) is 10.9 Å². The van der Waals surface area contributed by atoms with Gasteiger partial charge < -0.3 is 5.32 Å². The van der Waals surface area contributed by atoms with Gasteiger partial charge in [0.25, 0.3) is 0 Å². The second kappa shape index (κ2) is 4.94. The molecule has 0 radical (unpaired) electrons. The highest BCUT2D eigenvalue weighted by Gasteiger charge is 2.26. The highest BCUT2D eigenvalue weighted by Crippen LogP contribution is 2.22. The molecule has 18 heavy (non-hydrogen) atoms. The third-order valence-corrected chi connectivity index (χ3v) is 3.48. The van der Waals surface area contributed by atoms with Crippen LogP contribution in [0.2, 0.25) is 0 Å². The van der Waals surface area contributed by atoms with Crippen LogP contribution in [0.4, 0.5) is 5.69 Å². The summed E-state index contributed by atoms with van der Waals surface area (Å²) in [5.41, 5.74) is 1.09. The number of alkyl halides is 1. The van der Waals surface area contributed by atoms with Crippen molar-refractivity contribution < 1.29 is 4.79 Å². The van der Waals surface area contributed by atoms with E-state index in [4.69, 9.17) is 11.6 Å². The average molecular weight is 263 g/mol. The quantitative estimate of drug-likeness (QED) is 0.861. The molecule has 1 heterocycles. The van der Waals surface area contributed by atoms with E-state index in [0.29, 0.717) is 0 Å². The summed E-state index contributed by atoms with van der Waals surface area (Å²) in [4.78, 5) is 16.2. The standard InChI is InChI=1S/C14H15ClN2O/c1-14(2,9-15)13(18)17-11-5-6-12-10(8-11)4-3-7-16-12/h3-8H,9H2,1-2H3,(H,17,18). The number of pyridine rings is 1. The predicted molar refractivity (Wildman–Crippen MR) is 74.9 cm³/mol. The average Bonchev–Trinajstić information content (AvgIpc) is 2.38. The van der Waals surface area contributed by atoms with Crippen LogP contribution in [-0.4, -0.2) is 16.8 Å². The van der Waals surface area contributed by atoms with E-state index in [1.54, 1.807) is 6.20 Å². The Labute approximate surface area is 111 Å². The van der Waals surface area contributed by atoms with Gasteiger partial charge in [0, 0.05) is 23.2 Å². The minimum atomic E-state index is -0.578. The summed E-state index contributed by atoms with van der Waals surface area (Å²) in [6, 6.07) is 9.47. The molecule has 0 atom stereocenters. The van der Waals surface area contributed by atoms with E-state index in [9.17, 15) is 4.79 Å². The third kappa shape index (κ3) is 2.62. The number of anilines is 1. The second-order valence-electron chi connectivity index (χ2n) is 4.88. The molecule has 1 N–H and O–H groups in total. The Hall–Kier alpha value is -1.61. The van der Waals surface area contributed by atoms with Crippen molar-refractivity contribution in [2.75, 3.05) is 11.2 Å². The minimum Gasteiger partial charge on any atom is -0.326 e. The molecule has 1 aromatic carbocycles. The molecule has 0 spiro atoms. The highest BCUT2D eigenvalue weighted by atomic mass is 35.5. The summed E-state index contributed by atoms with van der Waals surface area (Å²) < 4.78 is 0. The number of carbonyl (C=O) groups excluding carboxylic acids is 1. The van der Waals surface area contributed by atoms with Gasteiger partial charge in [0.15, 0.2) is 0 Å². The lowest BCUT2D eigenvalue weighted by molar-refractivity contribution is -0.122. The van der Waals surface area contributed by atoms with Crippen LogP contribution < -0.4 is 5.32 Å². The molecule has 0 aliphatic rings. The van der Waals surface area contributed by atoms with Gasteiger partial charge in [0.1, 0.15) is 0 Å². The lowest BCUT2D eigenvalue weighted by Crippen LogP contribution is -2.32. The van der Waals surface area contributed by atoms with Gasteiger partial charge in [-0.25, -0.2) is 0 Å². The summed E-state index contributed by atoms with van der Waals surface area (Å²) in [6.45, 7) is 3.63. The van der Waals surface area contributed by atoms with Gasteiger partial charge in [-0.05, 0) is 38.1 Å². The monoisotopic (exact) mass is 262 g/mol. The number of amides is 1. The molecule has 4 heteroatoms. The van der Waals surface area contributed by atoms with E-state index in [1.165, 1.54) is 0 Å². The van der Waals surface area contributed by atoms with E-state index in [0.717, 1.165) is 16.6 Å². The number of hydrogen-bond donors (Lipinski definition) is 1. The van der Waals surface area contributed by atoms with Crippen LogP contribution in [0.5, 0.6) is 0 Å². The zero-order chi connectivity index (χ0) is 13.2. The molecule has 0 fully saturated rings. The first-order chi connectivity index (χ1) is 8.53. The fourth-order valence-electron chi connectivity index (χ4n) is 1.51. The lowest BCUT2D eigenvalue weighted by Gasteiger charge is -2.20. The van der Waals surface area contributed by atoms with Gasteiger partial charge in [-0.2, -0.15) is 0 Å². The van der Waals surface area contributed by atoms with Crippen molar-refractivity contribution in [1.29, 1.82) is 0 Å². The van der Waals surface area contributed by atoms with Gasteiger partial charge in [-0.15, -0.1) is 11.6 Å². The number of fused-ring (bicyclic) bond motifs is 1. The van der Waals surface area contributed by atoms with Crippen molar-refractivity contribution in [3.63, 3.8) is 0 Å². The van der Waals surface area contributed by atoms with E-state index in [-0.39, 0.29) is 11.8 Å². The van der Waals surface area contributed by atoms with Gasteiger partial charge in [-0.1, -0.05) is 6.07 Å². The summed E-state index contributed by atoms with van der Waals surface area (Å²) in [7, 11) is 0. The molecule has 94 valence electrons. The SMILES string of the molecule is CC(C)(CCl)C(=O)Nc1ccc2ncccc2c1. The number of benzene rings is 1. The zero-order valence-corrected chi connectivity index (χ0v) is 11.2. The van der Waals surface area contributed by atoms with E-state index in [1.807, 2.05) is 44.2 Å². The first kappa shape index (κ1) is 12.8. The summed E-state index contributed by atoms with van der Waals surface area (Å²) >= 11 is 5.78. The molecular weight excluding hydrogens is 248 g/mol. The van der Waals surface area contributed by atoms with E-state index >= 15 is 0 Å². The second-order valence-corrected chi connectivity index (χ2v) is 5.15. The summed E-state index contributed by atoms with van der Waals surface area (Å²) in [5.74, 6) is 0.203. The normalized spacial score (nSPS) is 11.5. The van der Waals surface area contributed by atoms with Gasteiger partial charge in [-0.3, -0.25) is 9.78 Å². The fourth-order valence-corrected chi connectivity index (χ4v) is 1.64. The van der Waals surface area contributed by atoms with Crippen molar-refractivity contribution >= 4 is 34.1 Å². The number of nitrogens with zero attached hydrogens (tertiary/aromatic N) is 1. The Morgan fingerprint density at radius 2 is 2.17 bits per heavy atom. The summed E-state index contributed by atoms with van der Waals surface area (Å²) in [5, 5.41) is 3.87. The molecule has 0 saturated heterocycles. The van der Waals surface area contributed by atoms with Crippen LogP contribution >= 0.6 is 11.6 Å². The number of hydrogen-bond acceptors (Lipinski definition) is 2. The largest absolute Gasteiger partial charge is 0.326 e. The maximum Gasteiger partial charge on any atom is 0.231 e. The Bertz CT molecular complexity index is 581. The van der Waals surface area contributed by atoms with Crippen LogP contribution in [-0.2, 0) is 4.79 Å². The maximum absolute atomic E-state index is 12.0. The van der Waals surface area contributed by atoms with Gasteiger partial charge >= 0.3 is 0 Å². The molecule has 1 aromatic heterocycles. The molecular formula is C14H15ClN2O. The Morgan fingerprint density at radius 3 is 2.89 bits per heavy atom. The van der Waals surface area contributed by atoms with Crippen molar-refractivity contribution in [3.8, 4) is 0 Å². The molecule has 0 aliphatic carbocycles. The highest BCUT2D eigenvalue weighted by molar-refractivity contribution is 6.20. The van der Waals surface area contributed by atoms with Crippen molar-refractivity contribution in [3.05, 3.63) is 36.5 Å². The van der Waals surface area contributed by atoms with Crippen LogP contribution in [0.1, 0.15) is 13.8 Å². The molecule has 2 aromatic rings. The number of aromatic nitrogens is 1. The first-order valence-corrected chi connectivity index (χ1v) is 6.28. The number of rotatable bonds is 3. The van der Waals surface area contributed by atoms with Crippen LogP contribution in [0.25, 0.3) is 10.9 Å². The number of carbonyl (C=O) groups is 1. The molecule has 0 unspecified atom stereocenters. The van der Waals surface area contributed by atoms with Crippen LogP contribution in [0.3, 0.4) is 0 Å². The van der Waals surface area contributed by atoms with E-state index < -0.39 is 5.41 Å². The van der Waals surface area contributed by atoms with Crippen molar-refractivity contribution in [1.82, 2.24) is 4.98 Å².